The van der Waals surface area contributed by atoms with Gasteiger partial charge in [0.2, 0.25) is 5.91 Å². The minimum absolute atomic E-state index is 0.201. The molecule has 0 atom stereocenters. The molecule has 164 valence electrons. The van der Waals surface area contributed by atoms with Crippen molar-refractivity contribution < 1.29 is 9.53 Å². The number of quaternary nitrogens is 1. The number of carbonyl (C=O) groups excluding carboxylic acids is 1. The smallest absolute Gasteiger partial charge is 0.225 e. The number of hydrogen-bond acceptors (Lipinski definition) is 3. The first kappa shape index (κ1) is 20.5. The van der Waals surface area contributed by atoms with Gasteiger partial charge in [-0.2, -0.15) is 0 Å². The Balaban J connectivity index is 1.17. The van der Waals surface area contributed by atoms with E-state index in [2.05, 4.69) is 40.2 Å². The summed E-state index contributed by atoms with van der Waals surface area (Å²) in [6, 6.07) is 12.9. The molecule has 5 heteroatoms. The van der Waals surface area contributed by atoms with Crippen LogP contribution in [0.3, 0.4) is 0 Å². The van der Waals surface area contributed by atoms with Crippen molar-refractivity contribution in [3.8, 4) is 5.75 Å². The quantitative estimate of drug-likeness (QED) is 0.634. The maximum absolute atomic E-state index is 12.8. The van der Waals surface area contributed by atoms with Gasteiger partial charge in [-0.15, -0.1) is 0 Å². The number of benzene rings is 1. The first-order valence-corrected chi connectivity index (χ1v) is 12.1. The number of pyridine rings is 1. The highest BCUT2D eigenvalue weighted by Crippen LogP contribution is 2.40. The molecule has 1 aromatic carbocycles. The molecule has 2 saturated heterocycles. The van der Waals surface area contributed by atoms with E-state index in [9.17, 15) is 4.79 Å². The number of nitrogens with zero attached hydrogens (tertiary/aromatic N) is 3. The summed E-state index contributed by atoms with van der Waals surface area (Å²) in [6.07, 6.45) is 13.0. The fourth-order valence-corrected chi connectivity index (χ4v) is 5.55. The van der Waals surface area contributed by atoms with Crippen molar-refractivity contribution in [3.63, 3.8) is 0 Å². The minimum Gasteiger partial charge on any atom is -0.490 e. The van der Waals surface area contributed by atoms with Crippen LogP contribution in [0, 0.1) is 5.92 Å². The number of aromatic nitrogens is 1. The summed E-state index contributed by atoms with van der Waals surface area (Å²) in [6.45, 7) is 3.91. The van der Waals surface area contributed by atoms with Gasteiger partial charge in [-0.05, 0) is 31.0 Å². The van der Waals surface area contributed by atoms with Crippen LogP contribution in [0.2, 0.25) is 0 Å². The van der Waals surface area contributed by atoms with Gasteiger partial charge in [-0.3, -0.25) is 14.3 Å². The third-order valence-electron chi connectivity index (χ3n) is 7.56. The normalized spacial score (nSPS) is 22.0. The molecular formula is C26H34N3O2+. The summed E-state index contributed by atoms with van der Waals surface area (Å²) in [7, 11) is 0. The SMILES string of the molecule is O=C(C1CCCCC1)N1CCC(Oc2ccc([N+]3(c4cccnc4)CCC3)cc2)CC1. The fourth-order valence-electron chi connectivity index (χ4n) is 5.55. The molecule has 0 unspecified atom stereocenters. The third-order valence-corrected chi connectivity index (χ3v) is 7.56. The molecule has 0 radical (unpaired) electrons. The number of ether oxygens (including phenoxy) is 1. The molecule has 2 aliphatic heterocycles. The first-order chi connectivity index (χ1) is 15.2. The predicted molar refractivity (Wildman–Crippen MR) is 123 cm³/mol. The van der Waals surface area contributed by atoms with E-state index in [0.29, 0.717) is 5.91 Å². The maximum Gasteiger partial charge on any atom is 0.225 e. The Morgan fingerprint density at radius 3 is 2.26 bits per heavy atom. The molecule has 31 heavy (non-hydrogen) atoms. The fraction of sp³-hybridized carbons (Fsp3) is 0.538. The zero-order chi connectivity index (χ0) is 21.1. The predicted octanol–water partition coefficient (Wildman–Crippen LogP) is 5.07. The minimum atomic E-state index is 0.201. The summed E-state index contributed by atoms with van der Waals surface area (Å²) in [5, 5.41) is 0. The van der Waals surface area contributed by atoms with Gasteiger partial charge in [0, 0.05) is 62.7 Å². The Morgan fingerprint density at radius 1 is 0.903 bits per heavy atom. The van der Waals surface area contributed by atoms with Crippen LogP contribution in [-0.4, -0.2) is 48.1 Å². The molecule has 5 nitrogen and oxygen atoms in total. The highest BCUT2D eigenvalue weighted by Gasteiger charge is 2.40. The Bertz CT molecular complexity index is 865. The van der Waals surface area contributed by atoms with Crippen LogP contribution in [0.25, 0.3) is 0 Å². The lowest BCUT2D eigenvalue weighted by molar-refractivity contribution is -0.138. The van der Waals surface area contributed by atoms with E-state index in [0.717, 1.165) is 62.1 Å². The zero-order valence-corrected chi connectivity index (χ0v) is 18.4. The topological polar surface area (TPSA) is 42.4 Å². The average Bonchev–Trinajstić information content (AvgIpc) is 2.81. The largest absolute Gasteiger partial charge is 0.490 e. The summed E-state index contributed by atoms with van der Waals surface area (Å²) in [5.41, 5.74) is 2.57. The number of hydrogen-bond donors (Lipinski definition) is 0. The molecule has 0 spiro atoms. The van der Waals surface area contributed by atoms with Crippen LogP contribution in [0.15, 0.2) is 48.8 Å². The lowest BCUT2D eigenvalue weighted by Crippen LogP contribution is -2.55. The molecule has 1 aromatic heterocycles. The highest BCUT2D eigenvalue weighted by molar-refractivity contribution is 5.79. The number of likely N-dealkylation sites (tertiary alicyclic amines) is 1. The summed E-state index contributed by atoms with van der Waals surface area (Å²) in [5.74, 6) is 1.60. The van der Waals surface area contributed by atoms with Crippen molar-refractivity contribution in [1.29, 1.82) is 0 Å². The van der Waals surface area contributed by atoms with Gasteiger partial charge in [-0.25, -0.2) is 0 Å². The number of amides is 1. The molecule has 1 saturated carbocycles. The number of carbonyl (C=O) groups is 1. The van der Waals surface area contributed by atoms with Crippen molar-refractivity contribution >= 4 is 17.3 Å². The standard InChI is InChI=1S/C26H34N3O2/c30-26(21-6-2-1-3-7-21)28-16-13-25(14-17-28)31-24-11-9-22(10-12-24)29(18-5-19-29)23-8-4-15-27-20-23/h4,8-12,15,20-21,25H,1-3,5-7,13-14,16-19H2/q+1. The van der Waals surface area contributed by atoms with Crippen LogP contribution in [-0.2, 0) is 4.79 Å². The first-order valence-electron chi connectivity index (χ1n) is 12.1. The van der Waals surface area contributed by atoms with Crippen LogP contribution in [0.1, 0.15) is 51.4 Å². The van der Waals surface area contributed by atoms with Crippen LogP contribution in [0.4, 0.5) is 11.4 Å². The Kier molecular flexibility index (Phi) is 5.95. The highest BCUT2D eigenvalue weighted by atomic mass is 16.5. The van der Waals surface area contributed by atoms with Crippen LogP contribution >= 0.6 is 0 Å². The molecule has 3 aliphatic rings. The lowest BCUT2D eigenvalue weighted by Gasteiger charge is -2.44. The lowest BCUT2D eigenvalue weighted by atomic mass is 9.88. The molecule has 2 aromatic rings. The van der Waals surface area contributed by atoms with Crippen molar-refractivity contribution in [2.45, 2.75) is 57.5 Å². The third kappa shape index (κ3) is 4.20. The molecule has 0 N–H and O–H groups in total. The van der Waals surface area contributed by atoms with Crippen molar-refractivity contribution in [1.82, 2.24) is 14.4 Å². The van der Waals surface area contributed by atoms with E-state index < -0.39 is 0 Å². The molecule has 3 heterocycles. The van der Waals surface area contributed by atoms with E-state index in [1.807, 2.05) is 18.5 Å². The van der Waals surface area contributed by atoms with E-state index in [1.54, 1.807) is 0 Å². The second-order valence-corrected chi connectivity index (χ2v) is 9.45. The van der Waals surface area contributed by atoms with Crippen molar-refractivity contribution in [3.05, 3.63) is 48.8 Å². The van der Waals surface area contributed by atoms with Gasteiger partial charge < -0.3 is 9.64 Å². The van der Waals surface area contributed by atoms with Gasteiger partial charge in [0.1, 0.15) is 17.5 Å². The molecule has 1 aliphatic carbocycles. The van der Waals surface area contributed by atoms with E-state index in [1.165, 1.54) is 37.1 Å². The van der Waals surface area contributed by atoms with Crippen LogP contribution < -0.4 is 9.22 Å². The molecule has 3 fully saturated rings. The summed E-state index contributed by atoms with van der Waals surface area (Å²) in [4.78, 5) is 19.2. The van der Waals surface area contributed by atoms with Gasteiger partial charge in [-0.1, -0.05) is 19.3 Å². The molecule has 5 rings (SSSR count). The van der Waals surface area contributed by atoms with E-state index in [4.69, 9.17) is 4.74 Å². The van der Waals surface area contributed by atoms with Crippen molar-refractivity contribution in [2.24, 2.45) is 5.92 Å². The molecule has 0 bridgehead atoms. The Hall–Kier alpha value is -2.40. The van der Waals surface area contributed by atoms with Gasteiger partial charge in [0.15, 0.2) is 5.69 Å². The average molecular weight is 421 g/mol. The molecular weight excluding hydrogens is 386 g/mol. The van der Waals surface area contributed by atoms with E-state index >= 15 is 0 Å². The van der Waals surface area contributed by atoms with Crippen LogP contribution in [0.5, 0.6) is 5.75 Å². The van der Waals surface area contributed by atoms with Gasteiger partial charge in [0.05, 0.1) is 19.3 Å². The monoisotopic (exact) mass is 420 g/mol. The molecule has 1 amide bonds. The van der Waals surface area contributed by atoms with Gasteiger partial charge >= 0.3 is 0 Å². The van der Waals surface area contributed by atoms with E-state index in [-0.39, 0.29) is 12.0 Å². The summed E-state index contributed by atoms with van der Waals surface area (Å²) >= 11 is 0. The second kappa shape index (κ2) is 8.99. The Morgan fingerprint density at radius 2 is 1.65 bits per heavy atom. The maximum atomic E-state index is 12.8. The summed E-state index contributed by atoms with van der Waals surface area (Å²) < 4.78 is 7.18. The van der Waals surface area contributed by atoms with Gasteiger partial charge in [0.25, 0.3) is 0 Å². The second-order valence-electron chi connectivity index (χ2n) is 9.45. The number of rotatable bonds is 5. The van der Waals surface area contributed by atoms with Crippen molar-refractivity contribution in [2.75, 3.05) is 26.2 Å². The zero-order valence-electron chi connectivity index (χ0n) is 18.4. The Labute approximate surface area is 185 Å². The number of piperidine rings is 1.